The zero-order chi connectivity index (χ0) is 23.1. The lowest BCUT2D eigenvalue weighted by Gasteiger charge is -2.28. The van der Waals surface area contributed by atoms with E-state index in [9.17, 15) is 5.26 Å². The Morgan fingerprint density at radius 3 is 2.85 bits per heavy atom. The second-order valence-electron chi connectivity index (χ2n) is 9.32. The zero-order valence-corrected chi connectivity index (χ0v) is 19.5. The van der Waals surface area contributed by atoms with Crippen LogP contribution in [0.25, 0.3) is 10.8 Å². The molecule has 2 fully saturated rings. The molecule has 0 radical (unpaired) electrons. The summed E-state index contributed by atoms with van der Waals surface area (Å²) in [7, 11) is 4.05. The third-order valence-corrected chi connectivity index (χ3v) is 6.70. The molecule has 4 heterocycles. The van der Waals surface area contributed by atoms with E-state index in [1.54, 1.807) is 0 Å². The van der Waals surface area contributed by atoms with Crippen LogP contribution in [-0.4, -0.2) is 59.5 Å². The Morgan fingerprint density at radius 2 is 2.15 bits per heavy atom. The van der Waals surface area contributed by atoms with Crippen molar-refractivity contribution in [3.8, 4) is 6.07 Å². The summed E-state index contributed by atoms with van der Waals surface area (Å²) in [4.78, 5) is 9.25. The smallest absolute Gasteiger partial charge is 0.157 e. The molecule has 170 valence electrons. The molecule has 0 aliphatic carbocycles. The number of nitrogens with one attached hydrogen (secondary N) is 1. The largest absolute Gasteiger partial charge is 0.374 e. The molecule has 5 rings (SSSR count). The Balaban J connectivity index is 1.54. The normalized spacial score (nSPS) is 20.4. The molecule has 8 nitrogen and oxygen atoms in total. The fraction of sp³-hybridized carbons (Fsp3) is 0.440. The number of hydrogen-bond acceptors (Lipinski definition) is 8. The molecule has 0 amide bonds. The van der Waals surface area contributed by atoms with Gasteiger partial charge in [-0.1, -0.05) is 12.1 Å². The lowest BCUT2D eigenvalue weighted by atomic mass is 9.98. The van der Waals surface area contributed by atoms with E-state index in [-0.39, 0.29) is 6.04 Å². The summed E-state index contributed by atoms with van der Waals surface area (Å²) in [6, 6.07) is 10.6. The topological polar surface area (TPSA) is 90.2 Å². The lowest BCUT2D eigenvalue weighted by Crippen LogP contribution is -2.37. The summed E-state index contributed by atoms with van der Waals surface area (Å²) in [6.45, 7) is 6.41. The van der Waals surface area contributed by atoms with Crippen LogP contribution in [0.1, 0.15) is 41.8 Å². The number of benzene rings is 1. The Bertz CT molecular complexity index is 1240. The highest BCUT2D eigenvalue weighted by atomic mass is 16.5. The maximum atomic E-state index is 9.42. The number of morpholine rings is 1. The van der Waals surface area contributed by atoms with Gasteiger partial charge in [-0.25, -0.2) is 4.98 Å². The van der Waals surface area contributed by atoms with Gasteiger partial charge in [0, 0.05) is 30.1 Å². The molecule has 1 aromatic carbocycles. The van der Waals surface area contributed by atoms with Gasteiger partial charge in [0.25, 0.3) is 0 Å². The van der Waals surface area contributed by atoms with Gasteiger partial charge in [0.2, 0.25) is 0 Å². The summed E-state index contributed by atoms with van der Waals surface area (Å²) >= 11 is 0. The van der Waals surface area contributed by atoms with E-state index in [4.69, 9.17) is 9.72 Å². The third kappa shape index (κ3) is 3.99. The van der Waals surface area contributed by atoms with Gasteiger partial charge in [0.15, 0.2) is 5.82 Å². The Labute approximate surface area is 194 Å². The van der Waals surface area contributed by atoms with Crippen LogP contribution in [0.2, 0.25) is 0 Å². The lowest BCUT2D eigenvalue weighted by molar-refractivity contribution is 0.0989. The molecular weight excluding hydrogens is 414 g/mol. The summed E-state index contributed by atoms with van der Waals surface area (Å²) in [5, 5.41) is 24.1. The number of pyridine rings is 1. The number of hydrogen-bond donors (Lipinski definition) is 1. The average Bonchev–Trinajstić information content (AvgIpc) is 3.44. The zero-order valence-electron chi connectivity index (χ0n) is 19.5. The molecule has 1 unspecified atom stereocenters. The van der Waals surface area contributed by atoms with Crippen molar-refractivity contribution in [3.63, 3.8) is 0 Å². The summed E-state index contributed by atoms with van der Waals surface area (Å²) in [5.41, 5.74) is 3.65. The van der Waals surface area contributed by atoms with Crippen LogP contribution in [-0.2, 0) is 11.3 Å². The summed E-state index contributed by atoms with van der Waals surface area (Å²) < 4.78 is 5.78. The van der Waals surface area contributed by atoms with E-state index >= 15 is 0 Å². The van der Waals surface area contributed by atoms with Crippen molar-refractivity contribution in [1.29, 1.82) is 5.26 Å². The number of nitriles is 1. The van der Waals surface area contributed by atoms with Gasteiger partial charge in [-0.2, -0.15) is 10.4 Å². The number of ether oxygens (including phenoxy) is 1. The number of anilines is 2. The van der Waals surface area contributed by atoms with Crippen LogP contribution in [0.4, 0.5) is 11.6 Å². The average molecular weight is 444 g/mol. The first-order valence-corrected chi connectivity index (χ1v) is 11.4. The number of aromatic nitrogens is 3. The molecule has 0 saturated carbocycles. The van der Waals surface area contributed by atoms with E-state index in [2.05, 4.69) is 50.4 Å². The van der Waals surface area contributed by atoms with Crippen molar-refractivity contribution in [2.45, 2.75) is 45.0 Å². The highest BCUT2D eigenvalue weighted by molar-refractivity contribution is 5.94. The molecule has 2 bridgehead atoms. The fourth-order valence-corrected chi connectivity index (χ4v) is 4.98. The van der Waals surface area contributed by atoms with Crippen LogP contribution in [0.5, 0.6) is 0 Å². The van der Waals surface area contributed by atoms with Gasteiger partial charge in [-0.3, -0.25) is 0 Å². The summed E-state index contributed by atoms with van der Waals surface area (Å²) in [6.07, 6.45) is 3.31. The molecule has 1 N–H and O–H groups in total. The molecule has 2 saturated heterocycles. The molecule has 2 aliphatic rings. The van der Waals surface area contributed by atoms with Gasteiger partial charge in [-0.15, -0.1) is 5.10 Å². The van der Waals surface area contributed by atoms with Gasteiger partial charge in [0.1, 0.15) is 5.82 Å². The summed E-state index contributed by atoms with van der Waals surface area (Å²) in [5.74, 6) is 1.69. The number of rotatable bonds is 6. The minimum atomic E-state index is -0.0386. The molecule has 3 aromatic rings. The van der Waals surface area contributed by atoms with Crippen molar-refractivity contribution in [3.05, 3.63) is 52.8 Å². The standard InChI is InChI=1S/C25H29N7O/c1-15-17(10-26)6-5-7-20(15)16(2)28-25-21-9-24(32-12-19-8-18(32)14-33-19)27-11-22(21)23(29-30-25)13-31(3)4/h5-7,9,11,16,18-19H,8,12-14H2,1-4H3,(H,28,30)/t16?,18-,19-/m1/s1. The molecular formula is C25H29N7O. The van der Waals surface area contributed by atoms with E-state index in [0.29, 0.717) is 24.3 Å². The highest BCUT2D eigenvalue weighted by Crippen LogP contribution is 2.35. The Kier molecular flexibility index (Phi) is 5.60. The van der Waals surface area contributed by atoms with Gasteiger partial charge >= 0.3 is 0 Å². The molecule has 33 heavy (non-hydrogen) atoms. The van der Waals surface area contributed by atoms with E-state index in [1.165, 1.54) is 0 Å². The number of nitrogens with zero attached hydrogens (tertiary/aromatic N) is 6. The van der Waals surface area contributed by atoms with Crippen LogP contribution < -0.4 is 10.2 Å². The van der Waals surface area contributed by atoms with Crippen molar-refractivity contribution >= 4 is 22.4 Å². The molecule has 8 heteroatoms. The van der Waals surface area contributed by atoms with Crippen molar-refractivity contribution < 1.29 is 4.74 Å². The Morgan fingerprint density at radius 1 is 1.30 bits per heavy atom. The van der Waals surface area contributed by atoms with Crippen LogP contribution in [0, 0.1) is 18.3 Å². The first kappa shape index (κ1) is 21.6. The van der Waals surface area contributed by atoms with Crippen LogP contribution in [0.15, 0.2) is 30.5 Å². The van der Waals surface area contributed by atoms with Crippen molar-refractivity contribution in [2.24, 2.45) is 0 Å². The van der Waals surface area contributed by atoms with Gasteiger partial charge in [-0.05, 0) is 57.6 Å². The molecule has 2 aromatic heterocycles. The van der Waals surface area contributed by atoms with Gasteiger partial charge < -0.3 is 19.9 Å². The predicted octanol–water partition coefficient (Wildman–Crippen LogP) is 3.42. The minimum absolute atomic E-state index is 0.0386. The maximum absolute atomic E-state index is 9.42. The van der Waals surface area contributed by atoms with Crippen LogP contribution in [0.3, 0.4) is 0 Å². The second-order valence-corrected chi connectivity index (χ2v) is 9.32. The number of fused-ring (bicyclic) bond motifs is 3. The van der Waals surface area contributed by atoms with E-state index in [0.717, 1.165) is 58.8 Å². The quantitative estimate of drug-likeness (QED) is 0.620. The SMILES string of the molecule is Cc1c(C#N)cccc1C(C)Nc1nnc(CN(C)C)c2cnc(N3C[C@H]4C[C@@H]3CO4)cc12. The third-order valence-electron chi connectivity index (χ3n) is 6.70. The molecule has 3 atom stereocenters. The predicted molar refractivity (Wildman–Crippen MR) is 128 cm³/mol. The molecule has 2 aliphatic heterocycles. The fourth-order valence-electron chi connectivity index (χ4n) is 4.98. The monoisotopic (exact) mass is 443 g/mol. The van der Waals surface area contributed by atoms with Crippen molar-refractivity contribution in [2.75, 3.05) is 37.5 Å². The van der Waals surface area contributed by atoms with E-state index in [1.807, 2.05) is 39.3 Å². The minimum Gasteiger partial charge on any atom is -0.374 e. The maximum Gasteiger partial charge on any atom is 0.157 e. The van der Waals surface area contributed by atoms with Gasteiger partial charge in [0.05, 0.1) is 42.1 Å². The van der Waals surface area contributed by atoms with E-state index < -0.39 is 0 Å². The second kappa shape index (κ2) is 8.58. The first-order chi connectivity index (χ1) is 15.9. The Hall–Kier alpha value is -3.28. The highest BCUT2D eigenvalue weighted by Gasteiger charge is 2.39. The molecule has 0 spiro atoms. The first-order valence-electron chi connectivity index (χ1n) is 11.4. The van der Waals surface area contributed by atoms with Crippen molar-refractivity contribution in [1.82, 2.24) is 20.1 Å². The van der Waals surface area contributed by atoms with Crippen LogP contribution >= 0.6 is 0 Å².